The first-order chi connectivity index (χ1) is 15.3. The molecule has 8 heteroatoms. The van der Waals surface area contributed by atoms with Gasteiger partial charge in [-0.1, -0.05) is 30.3 Å². The molecule has 0 atom stereocenters. The van der Waals surface area contributed by atoms with Crippen molar-refractivity contribution in [2.75, 3.05) is 25.5 Å². The monoisotopic (exact) mass is 454 g/mol. The highest BCUT2D eigenvalue weighted by Gasteiger charge is 2.16. The summed E-state index contributed by atoms with van der Waals surface area (Å²) in [5.41, 5.74) is 2.43. The zero-order valence-corrected chi connectivity index (χ0v) is 19.0. The summed E-state index contributed by atoms with van der Waals surface area (Å²) in [7, 11) is -0.597. The van der Waals surface area contributed by atoms with E-state index >= 15 is 0 Å². The van der Waals surface area contributed by atoms with Crippen LogP contribution in [0.25, 0.3) is 0 Å². The summed E-state index contributed by atoms with van der Waals surface area (Å²) >= 11 is 0. The third kappa shape index (κ3) is 5.59. The van der Waals surface area contributed by atoms with Crippen molar-refractivity contribution in [3.8, 4) is 11.5 Å². The van der Waals surface area contributed by atoms with E-state index in [9.17, 15) is 13.2 Å². The lowest BCUT2D eigenvalue weighted by atomic mass is 10.1. The summed E-state index contributed by atoms with van der Waals surface area (Å²) in [6, 6.07) is 18.6. The van der Waals surface area contributed by atoms with Gasteiger partial charge >= 0.3 is 0 Å². The van der Waals surface area contributed by atoms with Gasteiger partial charge in [0.05, 0.1) is 24.8 Å². The fourth-order valence-corrected chi connectivity index (χ4v) is 4.28. The molecule has 0 aromatic heterocycles. The van der Waals surface area contributed by atoms with Crippen molar-refractivity contribution in [2.24, 2.45) is 0 Å². The quantitative estimate of drug-likeness (QED) is 0.513. The van der Waals surface area contributed by atoms with Crippen molar-refractivity contribution in [2.45, 2.75) is 18.2 Å². The van der Waals surface area contributed by atoms with Gasteiger partial charge in [-0.2, -0.15) is 0 Å². The molecule has 0 heterocycles. The number of amides is 1. The summed E-state index contributed by atoms with van der Waals surface area (Å²) < 4.78 is 38.4. The first-order valence-electron chi connectivity index (χ1n) is 10.0. The van der Waals surface area contributed by atoms with E-state index in [2.05, 4.69) is 10.0 Å². The summed E-state index contributed by atoms with van der Waals surface area (Å²) in [6.45, 7) is 2.19. The fraction of sp³-hybridized carbons (Fsp3) is 0.208. The Morgan fingerprint density at radius 1 is 0.906 bits per heavy atom. The minimum atomic E-state index is -3.75. The molecule has 0 fully saturated rings. The molecule has 0 saturated heterocycles. The highest BCUT2D eigenvalue weighted by atomic mass is 32.2. The van der Waals surface area contributed by atoms with E-state index in [1.54, 1.807) is 57.5 Å². The van der Waals surface area contributed by atoms with E-state index in [1.165, 1.54) is 12.1 Å². The minimum Gasteiger partial charge on any atom is -0.493 e. The Morgan fingerprint density at radius 2 is 1.62 bits per heavy atom. The van der Waals surface area contributed by atoms with E-state index in [0.29, 0.717) is 41.3 Å². The average Bonchev–Trinajstić information content (AvgIpc) is 2.80. The van der Waals surface area contributed by atoms with Crippen LogP contribution in [0.4, 0.5) is 5.69 Å². The Balaban J connectivity index is 1.66. The fourth-order valence-electron chi connectivity index (χ4n) is 3.14. The number of ether oxygens (including phenoxy) is 2. The molecule has 7 nitrogen and oxygen atoms in total. The normalized spacial score (nSPS) is 11.0. The molecule has 168 valence electrons. The number of hydrogen-bond acceptors (Lipinski definition) is 5. The number of benzene rings is 3. The second-order valence-corrected chi connectivity index (χ2v) is 8.83. The number of methoxy groups -OCH3 is 2. The number of nitrogens with one attached hydrogen (secondary N) is 2. The zero-order chi connectivity index (χ0) is 23.1. The van der Waals surface area contributed by atoms with E-state index in [1.807, 2.05) is 18.2 Å². The van der Waals surface area contributed by atoms with E-state index in [4.69, 9.17) is 9.47 Å². The topological polar surface area (TPSA) is 93.7 Å². The van der Waals surface area contributed by atoms with E-state index in [0.717, 1.165) is 5.56 Å². The number of rotatable bonds is 9. The van der Waals surface area contributed by atoms with Gasteiger partial charge in [0.25, 0.3) is 15.9 Å². The van der Waals surface area contributed by atoms with Gasteiger partial charge in [-0.25, -0.2) is 8.42 Å². The van der Waals surface area contributed by atoms with Gasteiger partial charge in [-0.05, 0) is 60.9 Å². The molecule has 0 radical (unpaired) electrons. The predicted octanol–water partition coefficient (Wildman–Crippen LogP) is 3.79. The second-order valence-electron chi connectivity index (χ2n) is 7.14. The van der Waals surface area contributed by atoms with Gasteiger partial charge in [0, 0.05) is 12.1 Å². The Labute approximate surface area is 188 Å². The first-order valence-corrected chi connectivity index (χ1v) is 11.5. The van der Waals surface area contributed by atoms with Gasteiger partial charge in [0.2, 0.25) is 0 Å². The number of sulfonamides is 1. The van der Waals surface area contributed by atoms with Crippen molar-refractivity contribution < 1.29 is 22.7 Å². The predicted molar refractivity (Wildman–Crippen MR) is 124 cm³/mol. The molecule has 0 aliphatic carbocycles. The lowest BCUT2D eigenvalue weighted by Crippen LogP contribution is -2.26. The number of hydrogen-bond donors (Lipinski definition) is 2. The lowest BCUT2D eigenvalue weighted by molar-refractivity contribution is 0.0954. The molecule has 0 bridgehead atoms. The van der Waals surface area contributed by atoms with Crippen LogP contribution in [-0.4, -0.2) is 35.1 Å². The van der Waals surface area contributed by atoms with Gasteiger partial charge < -0.3 is 14.8 Å². The maximum atomic E-state index is 12.6. The van der Waals surface area contributed by atoms with Crippen LogP contribution in [-0.2, 0) is 16.4 Å². The lowest BCUT2D eigenvalue weighted by Gasteiger charge is -2.13. The molecule has 0 aliphatic heterocycles. The number of aryl methyl sites for hydroxylation is 1. The van der Waals surface area contributed by atoms with Crippen LogP contribution < -0.4 is 19.5 Å². The Hall–Kier alpha value is -3.52. The maximum absolute atomic E-state index is 12.6. The summed E-state index contributed by atoms with van der Waals surface area (Å²) in [5, 5.41) is 2.87. The Bertz CT molecular complexity index is 1190. The molecule has 0 saturated carbocycles. The molecule has 3 rings (SSSR count). The van der Waals surface area contributed by atoms with E-state index < -0.39 is 10.0 Å². The summed E-state index contributed by atoms with van der Waals surface area (Å²) in [6.07, 6.45) is 0.603. The van der Waals surface area contributed by atoms with E-state index in [-0.39, 0.29) is 10.8 Å². The van der Waals surface area contributed by atoms with Crippen LogP contribution in [0.5, 0.6) is 11.5 Å². The summed E-state index contributed by atoms with van der Waals surface area (Å²) in [5.74, 6) is 0.987. The highest BCUT2D eigenvalue weighted by molar-refractivity contribution is 7.92. The van der Waals surface area contributed by atoms with Crippen LogP contribution in [0.3, 0.4) is 0 Å². The number of carbonyl (C=O) groups excluding carboxylic acids is 1. The van der Waals surface area contributed by atoms with Gasteiger partial charge in [-0.15, -0.1) is 0 Å². The molecular formula is C24H26N2O5S. The van der Waals surface area contributed by atoms with Crippen molar-refractivity contribution >= 4 is 21.6 Å². The maximum Gasteiger partial charge on any atom is 0.261 e. The van der Waals surface area contributed by atoms with Crippen LogP contribution in [0.15, 0.2) is 71.6 Å². The zero-order valence-electron chi connectivity index (χ0n) is 18.2. The molecule has 1 amide bonds. The molecule has 32 heavy (non-hydrogen) atoms. The molecule has 3 aromatic rings. The van der Waals surface area contributed by atoms with Gasteiger partial charge in [0.1, 0.15) is 0 Å². The van der Waals surface area contributed by atoms with Crippen LogP contribution in [0, 0.1) is 6.92 Å². The molecule has 0 aliphatic rings. The number of carbonyl (C=O) groups is 1. The standard InChI is InChI=1S/C24H26N2O5S/c1-17-9-11-19(16-21(17)26-32(28,29)20-7-5-4-6-8-20)24(27)25-14-13-18-10-12-22(30-2)23(15-18)31-3/h4-12,15-16,26H,13-14H2,1-3H3,(H,25,27). The average molecular weight is 455 g/mol. The smallest absolute Gasteiger partial charge is 0.261 e. The van der Waals surface area contributed by atoms with Gasteiger partial charge in [0.15, 0.2) is 11.5 Å². The molecule has 0 unspecified atom stereocenters. The second kappa shape index (κ2) is 10.2. The molecule has 2 N–H and O–H groups in total. The third-order valence-corrected chi connectivity index (χ3v) is 6.33. The van der Waals surface area contributed by atoms with Crippen molar-refractivity contribution in [3.63, 3.8) is 0 Å². The molecule has 0 spiro atoms. The van der Waals surface area contributed by atoms with Crippen LogP contribution in [0.1, 0.15) is 21.5 Å². The Morgan fingerprint density at radius 3 is 2.31 bits per heavy atom. The first kappa shape index (κ1) is 23.1. The SMILES string of the molecule is COc1ccc(CCNC(=O)c2ccc(C)c(NS(=O)(=O)c3ccccc3)c2)cc1OC. The van der Waals surface area contributed by atoms with Crippen LogP contribution in [0.2, 0.25) is 0 Å². The van der Waals surface area contributed by atoms with Crippen LogP contribution >= 0.6 is 0 Å². The third-order valence-electron chi connectivity index (χ3n) is 4.94. The minimum absolute atomic E-state index is 0.157. The van der Waals surface area contributed by atoms with Gasteiger partial charge in [-0.3, -0.25) is 9.52 Å². The molecule has 3 aromatic carbocycles. The van der Waals surface area contributed by atoms with Crippen molar-refractivity contribution in [1.29, 1.82) is 0 Å². The number of anilines is 1. The summed E-state index contributed by atoms with van der Waals surface area (Å²) in [4.78, 5) is 12.8. The Kier molecular flexibility index (Phi) is 7.37. The van der Waals surface area contributed by atoms with Crippen molar-refractivity contribution in [3.05, 3.63) is 83.4 Å². The largest absolute Gasteiger partial charge is 0.493 e. The highest BCUT2D eigenvalue weighted by Crippen LogP contribution is 2.27. The van der Waals surface area contributed by atoms with Crippen molar-refractivity contribution in [1.82, 2.24) is 5.32 Å². The molecular weight excluding hydrogens is 428 g/mol.